The van der Waals surface area contributed by atoms with E-state index in [9.17, 15) is 4.21 Å². The first kappa shape index (κ1) is 14.1. The summed E-state index contributed by atoms with van der Waals surface area (Å²) in [6.45, 7) is 8.30. The van der Waals surface area contributed by atoms with E-state index in [1.807, 2.05) is 27.8 Å². The van der Waals surface area contributed by atoms with E-state index < -0.39 is 10.8 Å². The Morgan fingerprint density at radius 3 is 2.29 bits per heavy atom. The van der Waals surface area contributed by atoms with Crippen LogP contribution in [0, 0.1) is 0 Å². The minimum Gasteiger partial charge on any atom is -0.317 e. The lowest BCUT2D eigenvalue weighted by Gasteiger charge is -2.19. The van der Waals surface area contributed by atoms with Crippen molar-refractivity contribution in [1.29, 1.82) is 0 Å². The van der Waals surface area contributed by atoms with Crippen LogP contribution in [0.1, 0.15) is 47.0 Å². The Bertz CT molecular complexity index is 171. The third-order valence-corrected chi connectivity index (χ3v) is 4.49. The van der Waals surface area contributed by atoms with Crippen LogP contribution in [0.5, 0.6) is 0 Å². The molecular weight excluding hydrogens is 194 g/mol. The first-order valence-corrected chi connectivity index (χ1v) is 6.79. The molecule has 0 rings (SSSR count). The third-order valence-electron chi connectivity index (χ3n) is 2.47. The summed E-state index contributed by atoms with van der Waals surface area (Å²) in [6.07, 6.45) is 3.34. The molecule has 2 nitrogen and oxygen atoms in total. The normalized spacial score (nSPS) is 16.6. The van der Waals surface area contributed by atoms with Gasteiger partial charge in [0.2, 0.25) is 0 Å². The van der Waals surface area contributed by atoms with Gasteiger partial charge in [-0.15, -0.1) is 0 Å². The maximum Gasteiger partial charge on any atom is 0.0375 e. The van der Waals surface area contributed by atoms with Crippen molar-refractivity contribution in [3.8, 4) is 0 Å². The van der Waals surface area contributed by atoms with E-state index in [1.54, 1.807) is 0 Å². The highest BCUT2D eigenvalue weighted by Crippen LogP contribution is 2.13. The molecule has 0 fully saturated rings. The van der Waals surface area contributed by atoms with Crippen LogP contribution in [0.3, 0.4) is 0 Å². The summed E-state index contributed by atoms with van der Waals surface area (Å²) in [5, 5.41) is 3.27. The molecule has 3 heteroatoms. The highest BCUT2D eigenvalue weighted by atomic mass is 32.2. The van der Waals surface area contributed by atoms with Crippen LogP contribution in [0.15, 0.2) is 0 Å². The molecule has 0 aliphatic heterocycles. The van der Waals surface area contributed by atoms with E-state index in [0.29, 0.717) is 6.04 Å². The molecule has 0 aromatic heterocycles. The van der Waals surface area contributed by atoms with Crippen LogP contribution in [0.2, 0.25) is 0 Å². The van der Waals surface area contributed by atoms with Gasteiger partial charge in [0.15, 0.2) is 0 Å². The van der Waals surface area contributed by atoms with Gasteiger partial charge in [-0.1, -0.05) is 6.92 Å². The maximum absolute atomic E-state index is 11.7. The fourth-order valence-electron chi connectivity index (χ4n) is 1.32. The van der Waals surface area contributed by atoms with Gasteiger partial charge < -0.3 is 5.32 Å². The molecule has 2 atom stereocenters. The van der Waals surface area contributed by atoms with Crippen molar-refractivity contribution in [3.05, 3.63) is 0 Å². The Morgan fingerprint density at radius 2 is 1.93 bits per heavy atom. The average Bonchev–Trinajstić information content (AvgIpc) is 2.10. The summed E-state index contributed by atoms with van der Waals surface area (Å²) in [5.74, 6) is 0.835. The lowest BCUT2D eigenvalue weighted by atomic mass is 10.1. The van der Waals surface area contributed by atoms with Crippen LogP contribution < -0.4 is 5.32 Å². The van der Waals surface area contributed by atoms with Gasteiger partial charge >= 0.3 is 0 Å². The molecular formula is C11H25NOS. The minimum atomic E-state index is -0.685. The Morgan fingerprint density at radius 1 is 1.36 bits per heavy atom. The Hall–Kier alpha value is 0.110. The molecule has 14 heavy (non-hydrogen) atoms. The van der Waals surface area contributed by atoms with E-state index in [1.165, 1.54) is 0 Å². The molecule has 0 aliphatic rings. The van der Waals surface area contributed by atoms with Gasteiger partial charge in [0.05, 0.1) is 0 Å². The second-order valence-corrected chi connectivity index (χ2v) is 7.02. The quantitative estimate of drug-likeness (QED) is 0.743. The van der Waals surface area contributed by atoms with Crippen molar-refractivity contribution in [2.75, 3.05) is 12.8 Å². The second kappa shape index (κ2) is 6.57. The minimum absolute atomic E-state index is 0.0542. The molecule has 0 aliphatic carbocycles. The number of rotatable bonds is 6. The van der Waals surface area contributed by atoms with Crippen molar-refractivity contribution < 1.29 is 4.21 Å². The monoisotopic (exact) mass is 219 g/mol. The summed E-state index contributed by atoms with van der Waals surface area (Å²) >= 11 is 0. The zero-order chi connectivity index (χ0) is 11.2. The van der Waals surface area contributed by atoms with E-state index in [0.717, 1.165) is 25.0 Å². The Labute approximate surface area is 91.3 Å². The lowest BCUT2D eigenvalue weighted by molar-refractivity contribution is 0.502. The molecule has 0 aromatic carbocycles. The molecule has 0 spiro atoms. The van der Waals surface area contributed by atoms with Gasteiger partial charge in [-0.25, -0.2) is 0 Å². The van der Waals surface area contributed by atoms with Crippen molar-refractivity contribution in [3.63, 3.8) is 0 Å². The molecule has 0 saturated heterocycles. The van der Waals surface area contributed by atoms with Crippen molar-refractivity contribution in [1.82, 2.24) is 5.32 Å². The van der Waals surface area contributed by atoms with Crippen LogP contribution in [-0.2, 0) is 10.8 Å². The van der Waals surface area contributed by atoms with Crippen LogP contribution >= 0.6 is 0 Å². The zero-order valence-corrected chi connectivity index (χ0v) is 11.0. The predicted molar refractivity (Wildman–Crippen MR) is 65.1 cm³/mol. The molecule has 0 amide bonds. The summed E-state index contributed by atoms with van der Waals surface area (Å²) < 4.78 is 11.7. The first-order valence-electron chi connectivity index (χ1n) is 5.47. The largest absolute Gasteiger partial charge is 0.317 e. The van der Waals surface area contributed by atoms with Crippen molar-refractivity contribution >= 4 is 10.8 Å². The Balaban J connectivity index is 3.69. The molecule has 0 heterocycles. The summed E-state index contributed by atoms with van der Waals surface area (Å²) in [6, 6.07) is 0.590. The van der Waals surface area contributed by atoms with Gasteiger partial charge in [0, 0.05) is 27.3 Å². The smallest absolute Gasteiger partial charge is 0.0375 e. The molecule has 0 saturated carbocycles. The van der Waals surface area contributed by atoms with E-state index >= 15 is 0 Å². The second-order valence-electron chi connectivity index (χ2n) is 4.70. The summed E-state index contributed by atoms with van der Waals surface area (Å²) in [7, 11) is 1.31. The van der Waals surface area contributed by atoms with Gasteiger partial charge in [-0.05, 0) is 47.1 Å². The van der Waals surface area contributed by atoms with Crippen LogP contribution in [0.25, 0.3) is 0 Å². The van der Waals surface area contributed by atoms with Crippen LogP contribution in [0.4, 0.5) is 0 Å². The highest BCUT2D eigenvalue weighted by Gasteiger charge is 2.18. The fraction of sp³-hybridized carbons (Fsp3) is 1.00. The topological polar surface area (TPSA) is 29.1 Å². The van der Waals surface area contributed by atoms with Crippen molar-refractivity contribution in [2.45, 2.75) is 57.7 Å². The van der Waals surface area contributed by atoms with Crippen molar-refractivity contribution in [2.24, 2.45) is 0 Å². The predicted octanol–water partition coefficient (Wildman–Crippen LogP) is 2.31. The number of hydrogen-bond acceptors (Lipinski definition) is 2. The standard InChI is InChI=1S/C11H25NOS/c1-6-10(12-5)8-7-9-14(13)11(2,3)4/h10,12H,6-9H2,1-5H3. The SMILES string of the molecule is CCC(CCCS(=O)C(C)(C)C)NC. The maximum atomic E-state index is 11.7. The van der Waals surface area contributed by atoms with E-state index in [-0.39, 0.29) is 4.75 Å². The van der Waals surface area contributed by atoms with Crippen LogP contribution in [-0.4, -0.2) is 27.8 Å². The highest BCUT2D eigenvalue weighted by molar-refractivity contribution is 7.86. The van der Waals surface area contributed by atoms with Gasteiger partial charge in [-0.3, -0.25) is 4.21 Å². The first-order chi connectivity index (χ1) is 6.41. The third kappa shape index (κ3) is 5.76. The molecule has 0 bridgehead atoms. The van der Waals surface area contributed by atoms with Gasteiger partial charge in [0.1, 0.15) is 0 Å². The van der Waals surface area contributed by atoms with E-state index in [4.69, 9.17) is 0 Å². The Kier molecular flexibility index (Phi) is 6.62. The number of nitrogens with one attached hydrogen (secondary N) is 1. The van der Waals surface area contributed by atoms with E-state index in [2.05, 4.69) is 12.2 Å². The fourth-order valence-corrected chi connectivity index (χ4v) is 2.36. The van der Waals surface area contributed by atoms with Gasteiger partial charge in [0.25, 0.3) is 0 Å². The molecule has 2 unspecified atom stereocenters. The lowest BCUT2D eigenvalue weighted by Crippen LogP contribution is -2.27. The molecule has 0 radical (unpaired) electrons. The molecule has 0 aromatic rings. The number of hydrogen-bond donors (Lipinski definition) is 1. The average molecular weight is 219 g/mol. The molecule has 1 N–H and O–H groups in total. The van der Waals surface area contributed by atoms with Gasteiger partial charge in [-0.2, -0.15) is 0 Å². The molecule has 86 valence electrons. The summed E-state index contributed by atoms with van der Waals surface area (Å²) in [5.41, 5.74) is 0. The zero-order valence-electron chi connectivity index (χ0n) is 10.2. The summed E-state index contributed by atoms with van der Waals surface area (Å²) in [4.78, 5) is 0.